The quantitative estimate of drug-likeness (QED) is 0.812. The van der Waals surface area contributed by atoms with Gasteiger partial charge >= 0.3 is 0 Å². The molecule has 2 N–H and O–H groups in total. The van der Waals surface area contributed by atoms with E-state index >= 15 is 0 Å². The Kier molecular flexibility index (Phi) is 2.12. The molecule has 0 aromatic carbocycles. The van der Waals surface area contributed by atoms with Gasteiger partial charge in [0.1, 0.15) is 5.76 Å². The fourth-order valence-corrected chi connectivity index (χ4v) is 1.21. The molecule has 2 aromatic heterocycles. The van der Waals surface area contributed by atoms with Crippen LogP contribution < -0.4 is 5.73 Å². The summed E-state index contributed by atoms with van der Waals surface area (Å²) in [5.74, 6) is 1.69. The Bertz CT molecular complexity index is 465. The maximum absolute atomic E-state index is 5.84. The third-order valence-corrected chi connectivity index (χ3v) is 2.08. The Balaban J connectivity index is 2.41. The third kappa shape index (κ3) is 1.78. The van der Waals surface area contributed by atoms with Crippen molar-refractivity contribution in [1.29, 1.82) is 0 Å². The van der Waals surface area contributed by atoms with Crippen LogP contribution >= 0.6 is 0 Å². The van der Waals surface area contributed by atoms with E-state index in [-0.39, 0.29) is 0 Å². The minimum Gasteiger partial charge on any atom is -0.469 e. The summed E-state index contributed by atoms with van der Waals surface area (Å²) in [5.41, 5.74) is 6.05. The van der Waals surface area contributed by atoms with Crippen molar-refractivity contribution in [2.24, 2.45) is 5.73 Å². The number of hydrogen-bond acceptors (Lipinski definition) is 5. The fourth-order valence-electron chi connectivity index (χ4n) is 1.21. The van der Waals surface area contributed by atoms with Gasteiger partial charge < -0.3 is 14.7 Å². The number of nitrogens with two attached hydrogens (primary N) is 1. The van der Waals surface area contributed by atoms with Gasteiger partial charge in [-0.15, -0.1) is 0 Å². The molecule has 0 radical (unpaired) electrons. The minimum atomic E-state index is -0.622. The average molecular weight is 207 g/mol. The highest BCUT2D eigenvalue weighted by Gasteiger charge is 2.23. The van der Waals surface area contributed by atoms with Crippen LogP contribution in [0.25, 0.3) is 11.4 Å². The van der Waals surface area contributed by atoms with E-state index in [0.29, 0.717) is 11.7 Å². The molecule has 15 heavy (non-hydrogen) atoms. The summed E-state index contributed by atoms with van der Waals surface area (Å²) in [5, 5.41) is 3.86. The monoisotopic (exact) mass is 207 g/mol. The zero-order chi connectivity index (χ0) is 11.1. The van der Waals surface area contributed by atoms with Crippen LogP contribution in [-0.4, -0.2) is 10.1 Å². The van der Waals surface area contributed by atoms with Gasteiger partial charge in [0.15, 0.2) is 0 Å². The summed E-state index contributed by atoms with van der Waals surface area (Å²) in [4.78, 5) is 4.22. The Morgan fingerprint density at radius 3 is 2.60 bits per heavy atom. The molecule has 0 aliphatic heterocycles. The second-order valence-electron chi connectivity index (χ2n) is 4.04. The van der Waals surface area contributed by atoms with E-state index in [9.17, 15) is 0 Å². The molecule has 5 nitrogen and oxygen atoms in total. The van der Waals surface area contributed by atoms with Crippen LogP contribution in [0.4, 0.5) is 0 Å². The number of furan rings is 1. The highest BCUT2D eigenvalue weighted by atomic mass is 16.5. The fraction of sp³-hybridized carbons (Fsp3) is 0.400. The molecule has 2 heterocycles. The number of hydrogen-bond donors (Lipinski definition) is 1. The SMILES string of the molecule is Cc1occc1-c1noc(C(C)(C)N)n1. The maximum Gasteiger partial charge on any atom is 0.246 e. The molecule has 0 fully saturated rings. The van der Waals surface area contributed by atoms with E-state index in [4.69, 9.17) is 14.7 Å². The van der Waals surface area contributed by atoms with Crippen LogP contribution in [0.3, 0.4) is 0 Å². The van der Waals surface area contributed by atoms with E-state index in [1.165, 1.54) is 0 Å². The van der Waals surface area contributed by atoms with E-state index in [2.05, 4.69) is 10.1 Å². The van der Waals surface area contributed by atoms with Crippen molar-refractivity contribution in [3.63, 3.8) is 0 Å². The smallest absolute Gasteiger partial charge is 0.246 e. The number of aryl methyl sites for hydroxylation is 1. The predicted octanol–water partition coefficient (Wildman–Crippen LogP) is 1.83. The molecule has 0 saturated carbocycles. The van der Waals surface area contributed by atoms with Gasteiger partial charge in [-0.2, -0.15) is 4.98 Å². The zero-order valence-corrected chi connectivity index (χ0v) is 8.94. The summed E-state index contributed by atoms with van der Waals surface area (Å²) >= 11 is 0. The number of rotatable bonds is 2. The molecule has 0 saturated heterocycles. The molecule has 2 rings (SSSR count). The van der Waals surface area contributed by atoms with Crippen molar-refractivity contribution in [3.8, 4) is 11.4 Å². The van der Waals surface area contributed by atoms with Crippen LogP contribution in [-0.2, 0) is 5.54 Å². The Labute approximate surface area is 87.3 Å². The summed E-state index contributed by atoms with van der Waals surface area (Å²) < 4.78 is 10.2. The first kappa shape index (κ1) is 9.92. The third-order valence-electron chi connectivity index (χ3n) is 2.08. The summed E-state index contributed by atoms with van der Waals surface area (Å²) in [6.45, 7) is 5.47. The molecule has 0 bridgehead atoms. The Morgan fingerprint density at radius 2 is 2.13 bits per heavy atom. The van der Waals surface area contributed by atoms with Crippen LogP contribution in [0.15, 0.2) is 21.3 Å². The molecule has 80 valence electrons. The Morgan fingerprint density at radius 1 is 1.40 bits per heavy atom. The van der Waals surface area contributed by atoms with Crippen molar-refractivity contribution >= 4 is 0 Å². The lowest BCUT2D eigenvalue weighted by Gasteiger charge is -2.10. The van der Waals surface area contributed by atoms with Crippen molar-refractivity contribution in [1.82, 2.24) is 10.1 Å². The van der Waals surface area contributed by atoms with E-state index in [0.717, 1.165) is 11.3 Å². The van der Waals surface area contributed by atoms with Crippen LogP contribution in [0.5, 0.6) is 0 Å². The first-order valence-corrected chi connectivity index (χ1v) is 4.66. The molecular formula is C10H13N3O2. The lowest BCUT2D eigenvalue weighted by atomic mass is 10.1. The first-order chi connectivity index (χ1) is 6.98. The van der Waals surface area contributed by atoms with Gasteiger partial charge in [0.25, 0.3) is 0 Å². The highest BCUT2D eigenvalue weighted by Crippen LogP contribution is 2.23. The summed E-state index contributed by atoms with van der Waals surface area (Å²) in [6.07, 6.45) is 1.59. The van der Waals surface area contributed by atoms with E-state index in [1.807, 2.05) is 20.8 Å². The molecule has 2 aromatic rings. The Hall–Kier alpha value is -1.62. The van der Waals surface area contributed by atoms with Gasteiger partial charge in [-0.3, -0.25) is 0 Å². The molecule has 0 amide bonds. The van der Waals surface area contributed by atoms with Gasteiger partial charge in [-0.05, 0) is 26.8 Å². The van der Waals surface area contributed by atoms with Gasteiger partial charge in [0.05, 0.1) is 17.4 Å². The van der Waals surface area contributed by atoms with Crippen molar-refractivity contribution < 1.29 is 8.94 Å². The molecule has 0 spiro atoms. The normalized spacial score (nSPS) is 12.0. The minimum absolute atomic E-state index is 0.415. The molecule has 0 aliphatic rings. The predicted molar refractivity (Wildman–Crippen MR) is 54.0 cm³/mol. The van der Waals surface area contributed by atoms with Gasteiger partial charge in [0, 0.05) is 0 Å². The highest BCUT2D eigenvalue weighted by molar-refractivity contribution is 5.56. The lowest BCUT2D eigenvalue weighted by Crippen LogP contribution is -2.28. The van der Waals surface area contributed by atoms with Crippen LogP contribution in [0.1, 0.15) is 25.5 Å². The van der Waals surface area contributed by atoms with Gasteiger partial charge in [0.2, 0.25) is 11.7 Å². The van der Waals surface area contributed by atoms with Crippen molar-refractivity contribution in [3.05, 3.63) is 24.0 Å². The molecule has 0 atom stereocenters. The van der Waals surface area contributed by atoms with Crippen LogP contribution in [0.2, 0.25) is 0 Å². The van der Waals surface area contributed by atoms with Crippen molar-refractivity contribution in [2.75, 3.05) is 0 Å². The number of nitrogens with zero attached hydrogens (tertiary/aromatic N) is 2. The zero-order valence-electron chi connectivity index (χ0n) is 8.94. The lowest BCUT2D eigenvalue weighted by molar-refractivity contribution is 0.312. The summed E-state index contributed by atoms with van der Waals surface area (Å²) in [6, 6.07) is 1.80. The first-order valence-electron chi connectivity index (χ1n) is 4.66. The van der Waals surface area contributed by atoms with Crippen LogP contribution in [0, 0.1) is 6.92 Å². The van der Waals surface area contributed by atoms with Gasteiger partial charge in [-0.25, -0.2) is 0 Å². The maximum atomic E-state index is 5.84. The molecular weight excluding hydrogens is 194 g/mol. The second-order valence-corrected chi connectivity index (χ2v) is 4.04. The topological polar surface area (TPSA) is 78.1 Å². The van der Waals surface area contributed by atoms with Gasteiger partial charge in [-0.1, -0.05) is 5.16 Å². The largest absolute Gasteiger partial charge is 0.469 e. The molecule has 0 aliphatic carbocycles. The molecule has 5 heteroatoms. The second kappa shape index (κ2) is 3.20. The van der Waals surface area contributed by atoms with Crippen molar-refractivity contribution in [2.45, 2.75) is 26.3 Å². The number of aromatic nitrogens is 2. The standard InChI is InChI=1S/C10H13N3O2/c1-6-7(4-5-14-6)8-12-9(15-13-8)10(2,3)11/h4-5H,11H2,1-3H3. The van der Waals surface area contributed by atoms with E-state index in [1.54, 1.807) is 12.3 Å². The molecule has 0 unspecified atom stereocenters. The van der Waals surface area contributed by atoms with E-state index < -0.39 is 5.54 Å². The summed E-state index contributed by atoms with van der Waals surface area (Å²) in [7, 11) is 0. The average Bonchev–Trinajstić information content (AvgIpc) is 2.69.